The van der Waals surface area contributed by atoms with Gasteiger partial charge >= 0.3 is 5.97 Å². The molecule has 0 bridgehead atoms. The third-order valence-electron chi connectivity index (χ3n) is 6.29. The van der Waals surface area contributed by atoms with Crippen LogP contribution >= 0.6 is 38.5 Å². The molecule has 1 heterocycles. The van der Waals surface area contributed by atoms with Crippen molar-refractivity contribution in [1.82, 2.24) is 9.66 Å². The van der Waals surface area contributed by atoms with Crippen molar-refractivity contribution in [3.05, 3.63) is 60.1 Å². The summed E-state index contributed by atoms with van der Waals surface area (Å²) in [6.45, 7) is 3.66. The molecule has 1 atom stereocenters. The fourth-order valence-electron chi connectivity index (χ4n) is 4.44. The molecule has 0 saturated heterocycles. The van der Waals surface area contributed by atoms with Crippen molar-refractivity contribution in [2.45, 2.75) is 58.0 Å². The molecule has 1 aromatic heterocycles. The van der Waals surface area contributed by atoms with Gasteiger partial charge in [-0.05, 0) is 85.2 Å². The van der Waals surface area contributed by atoms with Crippen molar-refractivity contribution in [3.63, 3.8) is 0 Å². The molecule has 1 fully saturated rings. The van der Waals surface area contributed by atoms with Crippen molar-refractivity contribution in [2.75, 3.05) is 13.7 Å². The number of carbonyl (C=O) groups is 1. The van der Waals surface area contributed by atoms with Crippen LogP contribution in [0.15, 0.2) is 44.7 Å². The maximum Gasteiger partial charge on any atom is 0.347 e. The molecule has 0 N–H and O–H groups in total. The number of fused-ring (bicyclic) bond motifs is 1. The van der Waals surface area contributed by atoms with E-state index in [4.69, 9.17) is 19.2 Å². The number of carbonyl (C=O) groups excluding carboxylic acids is 1. The smallest absolute Gasteiger partial charge is 0.347 e. The summed E-state index contributed by atoms with van der Waals surface area (Å²) in [5.74, 6) is 1.32. The monoisotopic (exact) mass is 681 g/mol. The summed E-state index contributed by atoms with van der Waals surface area (Å²) >= 11 is 5.58. The van der Waals surface area contributed by atoms with Gasteiger partial charge < -0.3 is 14.2 Å². The first-order chi connectivity index (χ1) is 17.8. The molecule has 3 aromatic rings. The number of rotatable bonds is 8. The summed E-state index contributed by atoms with van der Waals surface area (Å²) in [4.78, 5) is 30.5. The minimum atomic E-state index is -0.790. The van der Waals surface area contributed by atoms with Gasteiger partial charge in [0.15, 0.2) is 17.6 Å². The minimum Gasteiger partial charge on any atom is -0.493 e. The number of hydrogen-bond acceptors (Lipinski definition) is 7. The van der Waals surface area contributed by atoms with E-state index in [1.54, 1.807) is 32.2 Å². The highest BCUT2D eigenvalue weighted by Crippen LogP contribution is 2.35. The molecule has 10 heteroatoms. The Hall–Kier alpha value is -2.47. The Morgan fingerprint density at radius 2 is 2.03 bits per heavy atom. The van der Waals surface area contributed by atoms with Gasteiger partial charge in [0.1, 0.15) is 5.82 Å². The molecule has 0 amide bonds. The second kappa shape index (κ2) is 12.4. The van der Waals surface area contributed by atoms with Crippen LogP contribution in [0, 0.1) is 3.57 Å². The third-order valence-corrected chi connectivity index (χ3v) is 7.59. The van der Waals surface area contributed by atoms with Gasteiger partial charge in [0, 0.05) is 10.4 Å². The van der Waals surface area contributed by atoms with Crippen LogP contribution in [-0.2, 0) is 9.53 Å². The molecule has 0 spiro atoms. The predicted octanol–water partition coefficient (Wildman–Crippen LogP) is 6.03. The van der Waals surface area contributed by atoms with Crippen molar-refractivity contribution in [2.24, 2.45) is 5.10 Å². The van der Waals surface area contributed by atoms with E-state index in [0.29, 0.717) is 33.8 Å². The quantitative estimate of drug-likeness (QED) is 0.164. The number of methoxy groups -OCH3 is 1. The maximum absolute atomic E-state index is 13.5. The van der Waals surface area contributed by atoms with Crippen molar-refractivity contribution in [3.8, 4) is 11.5 Å². The van der Waals surface area contributed by atoms with Crippen LogP contribution in [0.3, 0.4) is 0 Å². The normalized spacial score (nSPS) is 15.2. The highest BCUT2D eigenvalue weighted by Gasteiger charge is 2.23. The topological polar surface area (TPSA) is 92.0 Å². The number of hydrogen-bond donors (Lipinski definition) is 0. The van der Waals surface area contributed by atoms with E-state index in [1.807, 2.05) is 18.2 Å². The van der Waals surface area contributed by atoms with Gasteiger partial charge in [-0.2, -0.15) is 9.78 Å². The molecule has 196 valence electrons. The Kier molecular flexibility index (Phi) is 9.22. The summed E-state index contributed by atoms with van der Waals surface area (Å²) in [5, 5.41) is 5.13. The van der Waals surface area contributed by atoms with Gasteiger partial charge in [0.05, 0.1) is 34.4 Å². The predicted molar refractivity (Wildman–Crippen MR) is 155 cm³/mol. The molecule has 2 aromatic carbocycles. The standard InChI is InChI=1S/C27H29BrIN3O5/c1-4-36-27(34)16(2)37-24-21(29)12-17(13-23(24)35-3)15-30-32-25(18-8-6-5-7-9-18)31-22-11-10-19(28)14-20(22)26(32)33/h10-16,18H,4-9H2,1-3H3/t16-/m1/s1. The van der Waals surface area contributed by atoms with E-state index in [-0.39, 0.29) is 18.1 Å². The molecule has 0 aliphatic heterocycles. The zero-order valence-electron chi connectivity index (χ0n) is 21.0. The molecule has 0 unspecified atom stereocenters. The fourth-order valence-corrected chi connectivity index (χ4v) is 5.55. The molecule has 1 aliphatic carbocycles. The number of aromatic nitrogens is 2. The van der Waals surface area contributed by atoms with Crippen molar-refractivity contribution < 1.29 is 19.0 Å². The zero-order valence-corrected chi connectivity index (χ0v) is 24.7. The van der Waals surface area contributed by atoms with Gasteiger partial charge in [-0.3, -0.25) is 4.79 Å². The average Bonchev–Trinajstić information content (AvgIpc) is 2.90. The second-order valence-corrected chi connectivity index (χ2v) is 11.0. The van der Waals surface area contributed by atoms with E-state index < -0.39 is 12.1 Å². The van der Waals surface area contributed by atoms with Crippen LogP contribution in [0.5, 0.6) is 11.5 Å². The average molecular weight is 682 g/mol. The summed E-state index contributed by atoms with van der Waals surface area (Å²) in [6, 6.07) is 9.16. The Balaban J connectivity index is 1.73. The Labute approximate surface area is 237 Å². The molecule has 1 aliphatic rings. The second-order valence-electron chi connectivity index (χ2n) is 8.87. The molecule has 37 heavy (non-hydrogen) atoms. The molecular formula is C27H29BrIN3O5. The number of ether oxygens (including phenoxy) is 3. The first kappa shape index (κ1) is 27.6. The highest BCUT2D eigenvalue weighted by molar-refractivity contribution is 14.1. The maximum atomic E-state index is 13.5. The zero-order chi connectivity index (χ0) is 26.5. The fraction of sp³-hybridized carbons (Fsp3) is 0.407. The minimum absolute atomic E-state index is 0.182. The number of halogens is 2. The SMILES string of the molecule is CCOC(=O)[C@@H](C)Oc1c(I)cc(C=Nn2c(C3CCCCC3)nc3ccc(Br)cc3c2=O)cc1OC. The number of nitrogens with zero attached hydrogens (tertiary/aromatic N) is 3. The summed E-state index contributed by atoms with van der Waals surface area (Å²) < 4.78 is 19.4. The van der Waals surface area contributed by atoms with Gasteiger partial charge in [0.2, 0.25) is 0 Å². The van der Waals surface area contributed by atoms with E-state index >= 15 is 0 Å². The van der Waals surface area contributed by atoms with Gasteiger partial charge in [-0.25, -0.2) is 9.78 Å². The van der Waals surface area contributed by atoms with Gasteiger partial charge in [-0.1, -0.05) is 35.2 Å². The lowest BCUT2D eigenvalue weighted by Gasteiger charge is -2.22. The van der Waals surface area contributed by atoms with Crippen LogP contribution in [0.25, 0.3) is 10.9 Å². The van der Waals surface area contributed by atoms with E-state index in [2.05, 4.69) is 43.6 Å². The Morgan fingerprint density at radius 1 is 1.27 bits per heavy atom. The van der Waals surface area contributed by atoms with Crippen LogP contribution < -0.4 is 15.0 Å². The first-order valence-electron chi connectivity index (χ1n) is 12.3. The van der Waals surface area contributed by atoms with E-state index in [9.17, 15) is 9.59 Å². The van der Waals surface area contributed by atoms with Crippen molar-refractivity contribution in [1.29, 1.82) is 0 Å². The third kappa shape index (κ3) is 6.34. The van der Waals surface area contributed by atoms with Crippen LogP contribution in [0.1, 0.15) is 63.3 Å². The molecular weight excluding hydrogens is 653 g/mol. The summed E-state index contributed by atoms with van der Waals surface area (Å²) in [7, 11) is 1.53. The number of esters is 1. The van der Waals surface area contributed by atoms with Crippen molar-refractivity contribution >= 4 is 61.6 Å². The molecule has 4 rings (SSSR count). The van der Waals surface area contributed by atoms with E-state index in [0.717, 1.165) is 33.7 Å². The lowest BCUT2D eigenvalue weighted by molar-refractivity contribution is -0.150. The highest BCUT2D eigenvalue weighted by atomic mass is 127. The molecule has 8 nitrogen and oxygen atoms in total. The lowest BCUT2D eigenvalue weighted by atomic mass is 9.88. The van der Waals surface area contributed by atoms with Gasteiger partial charge in [-0.15, -0.1) is 0 Å². The summed E-state index contributed by atoms with van der Waals surface area (Å²) in [5.41, 5.74) is 1.19. The first-order valence-corrected chi connectivity index (χ1v) is 14.2. The molecule has 1 saturated carbocycles. The van der Waals surface area contributed by atoms with Crippen LogP contribution in [0.2, 0.25) is 0 Å². The Bertz CT molecular complexity index is 1380. The van der Waals surface area contributed by atoms with E-state index in [1.165, 1.54) is 18.2 Å². The number of benzene rings is 2. The molecule has 0 radical (unpaired) electrons. The van der Waals surface area contributed by atoms with Crippen LogP contribution in [-0.4, -0.2) is 41.7 Å². The largest absolute Gasteiger partial charge is 0.493 e. The summed E-state index contributed by atoms with van der Waals surface area (Å²) in [6.07, 6.45) is 6.24. The lowest BCUT2D eigenvalue weighted by Crippen LogP contribution is -2.26. The van der Waals surface area contributed by atoms with Crippen LogP contribution in [0.4, 0.5) is 0 Å². The Morgan fingerprint density at radius 3 is 2.73 bits per heavy atom. The van der Waals surface area contributed by atoms with Gasteiger partial charge in [0.25, 0.3) is 5.56 Å².